The summed E-state index contributed by atoms with van der Waals surface area (Å²) in [4.78, 5) is 28.9. The Morgan fingerprint density at radius 3 is 1.91 bits per heavy atom. The molecule has 2 amide bonds. The Bertz CT molecular complexity index is 1060. The number of hydrogen-bond donors (Lipinski definition) is 1. The zero-order chi connectivity index (χ0) is 22.3. The molecule has 0 aliphatic heterocycles. The van der Waals surface area contributed by atoms with Gasteiger partial charge in [-0.1, -0.05) is 60.7 Å². The number of nitrogens with one attached hydrogen (secondary N) is 1. The molecule has 0 saturated carbocycles. The number of benzene rings is 3. The van der Waals surface area contributed by atoms with Gasteiger partial charge >= 0.3 is 0 Å². The maximum absolute atomic E-state index is 13.9. The molecule has 32 heavy (non-hydrogen) atoms. The fourth-order valence-electron chi connectivity index (χ4n) is 4.07. The number of carbonyl (C=O) groups excluding carboxylic acids is 2. The normalized spacial score (nSPS) is 17.4. The summed E-state index contributed by atoms with van der Waals surface area (Å²) < 4.78 is 5.36. The Labute approximate surface area is 188 Å². The Morgan fingerprint density at radius 1 is 0.781 bits per heavy atom. The zero-order valence-corrected chi connectivity index (χ0v) is 18.0. The van der Waals surface area contributed by atoms with Gasteiger partial charge in [0.25, 0.3) is 0 Å². The number of rotatable bonds is 6. The maximum atomic E-state index is 13.9. The van der Waals surface area contributed by atoms with Crippen molar-refractivity contribution >= 4 is 28.9 Å². The topological polar surface area (TPSA) is 58.6 Å². The third kappa shape index (κ3) is 4.57. The molecule has 1 N–H and O–H groups in total. The first kappa shape index (κ1) is 21.4. The minimum absolute atomic E-state index is 0.0908. The highest BCUT2D eigenvalue weighted by molar-refractivity contribution is 6.05. The van der Waals surface area contributed by atoms with E-state index < -0.39 is 11.8 Å². The van der Waals surface area contributed by atoms with Gasteiger partial charge in [-0.05, 0) is 49.2 Å². The van der Waals surface area contributed by atoms with Gasteiger partial charge in [0.15, 0.2) is 0 Å². The van der Waals surface area contributed by atoms with Crippen LogP contribution in [-0.2, 0) is 9.59 Å². The summed E-state index contributed by atoms with van der Waals surface area (Å²) in [5.74, 6) is -0.641. The van der Waals surface area contributed by atoms with E-state index in [9.17, 15) is 9.59 Å². The molecule has 0 spiro atoms. The monoisotopic (exact) mass is 426 g/mol. The predicted octanol–water partition coefficient (Wildman–Crippen LogP) is 5.58. The number of carbonyl (C=O) groups is 2. The second-order valence-corrected chi connectivity index (χ2v) is 7.69. The summed E-state index contributed by atoms with van der Waals surface area (Å²) in [5, 5.41) is 2.97. The predicted molar refractivity (Wildman–Crippen MR) is 127 cm³/mol. The number of ether oxygens (including phenoxy) is 1. The molecule has 0 saturated heterocycles. The number of allylic oxidation sites excluding steroid dienone is 2. The van der Waals surface area contributed by atoms with Gasteiger partial charge in [0.05, 0.1) is 24.6 Å². The highest BCUT2D eigenvalue weighted by Crippen LogP contribution is 2.35. The van der Waals surface area contributed by atoms with Gasteiger partial charge in [0.2, 0.25) is 11.8 Å². The van der Waals surface area contributed by atoms with Crippen LogP contribution in [0.4, 0.5) is 17.1 Å². The van der Waals surface area contributed by atoms with E-state index in [0.29, 0.717) is 24.3 Å². The maximum Gasteiger partial charge on any atom is 0.235 e. The van der Waals surface area contributed by atoms with Crippen molar-refractivity contribution in [2.24, 2.45) is 11.8 Å². The van der Waals surface area contributed by atoms with Gasteiger partial charge in [-0.25, -0.2) is 0 Å². The third-order valence-corrected chi connectivity index (χ3v) is 5.70. The van der Waals surface area contributed by atoms with E-state index in [1.54, 1.807) is 24.1 Å². The number of hydrogen-bond acceptors (Lipinski definition) is 3. The van der Waals surface area contributed by atoms with E-state index in [2.05, 4.69) is 5.32 Å². The fraction of sp³-hybridized carbons (Fsp3) is 0.185. The minimum Gasteiger partial charge on any atom is -0.495 e. The average molecular weight is 427 g/mol. The Balaban J connectivity index is 1.64. The van der Waals surface area contributed by atoms with Gasteiger partial charge in [-0.15, -0.1) is 0 Å². The SMILES string of the molecule is COc1ccccc1NC(=O)[C@@H]1CC=CC[C@H]1C(=O)N(c1ccccc1)c1ccccc1. The molecule has 1 aliphatic rings. The lowest BCUT2D eigenvalue weighted by Crippen LogP contribution is -2.41. The van der Waals surface area contributed by atoms with Crippen LogP contribution in [0.5, 0.6) is 5.75 Å². The third-order valence-electron chi connectivity index (χ3n) is 5.70. The molecule has 0 fully saturated rings. The van der Waals surface area contributed by atoms with Crippen LogP contribution in [0, 0.1) is 11.8 Å². The van der Waals surface area contributed by atoms with Gasteiger partial charge in [-0.3, -0.25) is 14.5 Å². The summed E-state index contributed by atoms with van der Waals surface area (Å²) in [6.45, 7) is 0. The lowest BCUT2D eigenvalue weighted by atomic mass is 9.81. The number of nitrogens with zero attached hydrogens (tertiary/aromatic N) is 1. The Morgan fingerprint density at radius 2 is 1.31 bits per heavy atom. The van der Waals surface area contributed by atoms with Gasteiger partial charge in [-0.2, -0.15) is 0 Å². The summed E-state index contributed by atoms with van der Waals surface area (Å²) >= 11 is 0. The average Bonchev–Trinajstić information content (AvgIpc) is 2.86. The number of methoxy groups -OCH3 is 1. The van der Waals surface area contributed by atoms with Gasteiger partial charge in [0, 0.05) is 11.4 Å². The van der Waals surface area contributed by atoms with Crippen molar-refractivity contribution < 1.29 is 14.3 Å². The smallest absolute Gasteiger partial charge is 0.235 e. The van der Waals surface area contributed by atoms with Crippen molar-refractivity contribution in [2.75, 3.05) is 17.3 Å². The molecular formula is C27H26N2O3. The largest absolute Gasteiger partial charge is 0.495 e. The van der Waals surface area contributed by atoms with E-state index in [-0.39, 0.29) is 11.8 Å². The van der Waals surface area contributed by atoms with Crippen molar-refractivity contribution in [3.05, 3.63) is 97.1 Å². The van der Waals surface area contributed by atoms with Crippen LogP contribution in [0.2, 0.25) is 0 Å². The standard InChI is InChI=1S/C27H26N2O3/c1-32-25-19-11-10-18-24(25)28-26(30)22-16-8-9-17-23(22)27(31)29(20-12-4-2-5-13-20)21-14-6-3-7-15-21/h2-15,18-19,22-23H,16-17H2,1H3,(H,28,30)/t22-,23-/m1/s1. The molecule has 3 aromatic rings. The molecule has 0 aromatic heterocycles. The van der Waals surface area contributed by atoms with Crippen LogP contribution in [0.15, 0.2) is 97.1 Å². The molecule has 162 valence electrons. The molecule has 0 unspecified atom stereocenters. The first-order valence-corrected chi connectivity index (χ1v) is 10.7. The van der Waals surface area contributed by atoms with Crippen LogP contribution >= 0.6 is 0 Å². The molecule has 0 bridgehead atoms. The summed E-state index contributed by atoms with van der Waals surface area (Å²) in [5.41, 5.74) is 2.16. The molecule has 5 nitrogen and oxygen atoms in total. The van der Waals surface area contributed by atoms with Crippen LogP contribution in [0.25, 0.3) is 0 Å². The minimum atomic E-state index is -0.479. The van der Waals surface area contributed by atoms with Crippen LogP contribution in [0.1, 0.15) is 12.8 Å². The first-order chi connectivity index (χ1) is 15.7. The van der Waals surface area contributed by atoms with Crippen molar-refractivity contribution in [3.8, 4) is 5.75 Å². The van der Waals surface area contributed by atoms with E-state index in [1.807, 2.05) is 84.9 Å². The molecule has 5 heteroatoms. The highest BCUT2D eigenvalue weighted by atomic mass is 16.5. The molecule has 0 radical (unpaired) electrons. The Hall–Kier alpha value is -3.86. The second-order valence-electron chi connectivity index (χ2n) is 7.69. The van der Waals surface area contributed by atoms with Crippen molar-refractivity contribution in [2.45, 2.75) is 12.8 Å². The summed E-state index contributed by atoms with van der Waals surface area (Å²) in [6, 6.07) is 26.4. The fourth-order valence-corrected chi connectivity index (χ4v) is 4.07. The molecule has 2 atom stereocenters. The summed E-state index contributed by atoms with van der Waals surface area (Å²) in [7, 11) is 1.57. The lowest BCUT2D eigenvalue weighted by molar-refractivity contribution is -0.130. The van der Waals surface area contributed by atoms with Crippen LogP contribution in [-0.4, -0.2) is 18.9 Å². The highest BCUT2D eigenvalue weighted by Gasteiger charge is 2.37. The van der Waals surface area contributed by atoms with Gasteiger partial charge in [0.1, 0.15) is 5.75 Å². The Kier molecular flexibility index (Phi) is 6.66. The lowest BCUT2D eigenvalue weighted by Gasteiger charge is -2.32. The summed E-state index contributed by atoms with van der Waals surface area (Å²) in [6.07, 6.45) is 4.99. The number of amides is 2. The first-order valence-electron chi connectivity index (χ1n) is 10.7. The molecule has 3 aromatic carbocycles. The van der Waals surface area contributed by atoms with Crippen molar-refractivity contribution in [1.29, 1.82) is 0 Å². The number of anilines is 3. The molecule has 0 heterocycles. The van der Waals surface area contributed by atoms with E-state index in [0.717, 1.165) is 11.4 Å². The quantitative estimate of drug-likeness (QED) is 0.524. The van der Waals surface area contributed by atoms with E-state index in [4.69, 9.17) is 4.74 Å². The van der Waals surface area contributed by atoms with Crippen molar-refractivity contribution in [1.82, 2.24) is 0 Å². The van der Waals surface area contributed by atoms with E-state index >= 15 is 0 Å². The zero-order valence-electron chi connectivity index (χ0n) is 18.0. The molecular weight excluding hydrogens is 400 g/mol. The molecule has 4 rings (SSSR count). The van der Waals surface area contributed by atoms with Gasteiger partial charge < -0.3 is 10.1 Å². The van der Waals surface area contributed by atoms with E-state index in [1.165, 1.54) is 0 Å². The second kappa shape index (κ2) is 9.96. The van der Waals surface area contributed by atoms with Crippen LogP contribution in [0.3, 0.4) is 0 Å². The number of para-hydroxylation sites is 4. The molecule has 1 aliphatic carbocycles. The van der Waals surface area contributed by atoms with Crippen molar-refractivity contribution in [3.63, 3.8) is 0 Å². The van der Waals surface area contributed by atoms with Crippen LogP contribution < -0.4 is 15.0 Å².